The smallest absolute Gasteiger partial charge is 0.349 e. The van der Waals surface area contributed by atoms with Gasteiger partial charge in [-0.2, -0.15) is 13.2 Å². The van der Waals surface area contributed by atoms with E-state index < -0.39 is 17.6 Å². The van der Waals surface area contributed by atoms with Crippen LogP contribution >= 0.6 is 27.3 Å². The molecule has 2 N–H and O–H groups in total. The standard InChI is InChI=1S/C26H26BrF3N4O2S/c27-18-6-9-21-22(11-18)37-25(33-21)15-4-7-20(8-5-15)34-13-19(14-34)32-23(35)12-31-24(36)16-2-1-3-17(10-16)26(28,29)30/h1-3,6,9-11,15,19-20H,4-5,7-8,12-14H2,(H,31,36)(H,32,35). The largest absolute Gasteiger partial charge is 0.416 e. The molecule has 0 bridgehead atoms. The summed E-state index contributed by atoms with van der Waals surface area (Å²) < 4.78 is 40.8. The molecule has 2 aliphatic rings. The average Bonchev–Trinajstić information content (AvgIpc) is 3.27. The van der Waals surface area contributed by atoms with Crippen LogP contribution in [-0.2, 0) is 11.0 Å². The Kier molecular flexibility index (Phi) is 7.56. The van der Waals surface area contributed by atoms with E-state index in [-0.39, 0.29) is 24.1 Å². The lowest BCUT2D eigenvalue weighted by atomic mass is 9.84. The molecule has 2 amide bonds. The molecule has 1 aromatic heterocycles. The molecule has 6 nitrogen and oxygen atoms in total. The number of nitrogens with one attached hydrogen (secondary N) is 2. The Hall–Kier alpha value is -2.50. The van der Waals surface area contributed by atoms with Crippen molar-refractivity contribution in [3.63, 3.8) is 0 Å². The summed E-state index contributed by atoms with van der Waals surface area (Å²) >= 11 is 5.30. The third-order valence-corrected chi connectivity index (χ3v) is 8.74. The lowest BCUT2D eigenvalue weighted by molar-refractivity contribution is -0.137. The molecular formula is C26H26BrF3N4O2S. The van der Waals surface area contributed by atoms with Crippen LogP contribution in [-0.4, -0.2) is 53.4 Å². The fourth-order valence-corrected chi connectivity index (χ4v) is 6.75. The summed E-state index contributed by atoms with van der Waals surface area (Å²) in [6, 6.07) is 10.8. The summed E-state index contributed by atoms with van der Waals surface area (Å²) in [5.41, 5.74) is 0.0194. The van der Waals surface area contributed by atoms with Gasteiger partial charge in [-0.3, -0.25) is 14.5 Å². The van der Waals surface area contributed by atoms with E-state index in [9.17, 15) is 22.8 Å². The highest BCUT2D eigenvalue weighted by Crippen LogP contribution is 2.39. The quantitative estimate of drug-likeness (QED) is 0.404. The second kappa shape index (κ2) is 10.7. The number of carbonyl (C=O) groups excluding carboxylic acids is 2. The highest BCUT2D eigenvalue weighted by molar-refractivity contribution is 9.10. The van der Waals surface area contributed by atoms with E-state index in [1.165, 1.54) is 21.8 Å². The lowest BCUT2D eigenvalue weighted by Crippen LogP contribution is -2.63. The minimum atomic E-state index is -4.53. The first-order valence-electron chi connectivity index (χ1n) is 12.2. The molecule has 2 aromatic carbocycles. The Bertz CT molecular complexity index is 1300. The van der Waals surface area contributed by atoms with E-state index >= 15 is 0 Å². The van der Waals surface area contributed by atoms with Crippen molar-refractivity contribution in [1.29, 1.82) is 0 Å². The minimum Gasteiger partial charge on any atom is -0.349 e. The Labute approximate surface area is 224 Å². The van der Waals surface area contributed by atoms with Crippen molar-refractivity contribution >= 4 is 49.3 Å². The third kappa shape index (κ3) is 6.15. The van der Waals surface area contributed by atoms with Crippen molar-refractivity contribution in [1.82, 2.24) is 20.5 Å². The molecule has 0 spiro atoms. The molecule has 2 heterocycles. The van der Waals surface area contributed by atoms with Gasteiger partial charge in [0.15, 0.2) is 0 Å². The van der Waals surface area contributed by atoms with Crippen LogP contribution in [0.5, 0.6) is 0 Å². The van der Waals surface area contributed by atoms with Gasteiger partial charge in [-0.05, 0) is 62.1 Å². The molecule has 0 unspecified atom stereocenters. The predicted octanol–water partition coefficient (Wildman–Crippen LogP) is 5.33. The van der Waals surface area contributed by atoms with Crippen molar-refractivity contribution in [2.24, 2.45) is 0 Å². The number of rotatable bonds is 6. The zero-order chi connectivity index (χ0) is 26.2. The van der Waals surface area contributed by atoms with Crippen LogP contribution in [0.4, 0.5) is 13.2 Å². The van der Waals surface area contributed by atoms with Gasteiger partial charge < -0.3 is 10.6 Å². The Morgan fingerprint density at radius 1 is 1.08 bits per heavy atom. The molecule has 37 heavy (non-hydrogen) atoms. The molecule has 196 valence electrons. The maximum Gasteiger partial charge on any atom is 0.416 e. The maximum atomic E-state index is 12.8. The summed E-state index contributed by atoms with van der Waals surface area (Å²) in [5, 5.41) is 6.51. The van der Waals surface area contributed by atoms with Crippen molar-refractivity contribution in [2.75, 3.05) is 19.6 Å². The van der Waals surface area contributed by atoms with Gasteiger partial charge >= 0.3 is 6.18 Å². The number of alkyl halides is 3. The SMILES string of the molecule is O=C(CNC(=O)c1cccc(C(F)(F)F)c1)NC1CN(C2CCC(c3nc4ccc(Br)cc4s3)CC2)C1. The van der Waals surface area contributed by atoms with Crippen molar-refractivity contribution in [3.05, 3.63) is 63.1 Å². The van der Waals surface area contributed by atoms with Gasteiger partial charge in [-0.25, -0.2) is 4.98 Å². The zero-order valence-corrected chi connectivity index (χ0v) is 22.3. The van der Waals surface area contributed by atoms with E-state index in [1.807, 2.05) is 6.07 Å². The summed E-state index contributed by atoms with van der Waals surface area (Å²) in [6.45, 7) is 1.24. The molecule has 1 aliphatic carbocycles. The lowest BCUT2D eigenvalue weighted by Gasteiger charge is -2.46. The normalized spacial score (nSPS) is 21.0. The van der Waals surface area contributed by atoms with E-state index in [0.29, 0.717) is 12.0 Å². The van der Waals surface area contributed by atoms with Crippen LogP contribution in [0.1, 0.15) is 52.5 Å². The summed E-state index contributed by atoms with van der Waals surface area (Å²) in [5.74, 6) is -0.574. The molecule has 1 saturated carbocycles. The zero-order valence-electron chi connectivity index (χ0n) is 19.9. The fraction of sp³-hybridized carbons (Fsp3) is 0.423. The number of hydrogen-bond acceptors (Lipinski definition) is 5. The maximum absolute atomic E-state index is 12.8. The van der Waals surface area contributed by atoms with Gasteiger partial charge in [-0.1, -0.05) is 22.0 Å². The van der Waals surface area contributed by atoms with Crippen LogP contribution in [0.25, 0.3) is 10.2 Å². The van der Waals surface area contributed by atoms with Crippen molar-refractivity contribution in [3.8, 4) is 0 Å². The molecule has 0 atom stereocenters. The highest BCUT2D eigenvalue weighted by atomic mass is 79.9. The van der Waals surface area contributed by atoms with Crippen LogP contribution in [0.15, 0.2) is 46.9 Å². The third-order valence-electron chi connectivity index (χ3n) is 7.07. The van der Waals surface area contributed by atoms with Crippen molar-refractivity contribution in [2.45, 2.75) is 49.9 Å². The number of fused-ring (bicyclic) bond motifs is 1. The number of amides is 2. The number of benzene rings is 2. The first kappa shape index (κ1) is 26.1. The average molecular weight is 595 g/mol. The van der Waals surface area contributed by atoms with Crippen LogP contribution in [0.2, 0.25) is 0 Å². The van der Waals surface area contributed by atoms with Gasteiger partial charge in [0.25, 0.3) is 5.91 Å². The second-order valence-corrected chi connectivity index (χ2v) is 11.6. The molecule has 1 saturated heterocycles. The number of halogens is 4. The molecule has 1 aliphatic heterocycles. The Morgan fingerprint density at radius 3 is 2.57 bits per heavy atom. The Morgan fingerprint density at radius 2 is 1.84 bits per heavy atom. The molecule has 11 heteroatoms. The van der Waals surface area contributed by atoms with Gasteiger partial charge in [-0.15, -0.1) is 11.3 Å². The van der Waals surface area contributed by atoms with Gasteiger partial charge in [0.2, 0.25) is 5.91 Å². The number of thiazole rings is 1. The Balaban J connectivity index is 1.03. The second-order valence-electron chi connectivity index (χ2n) is 9.65. The number of hydrogen-bond donors (Lipinski definition) is 2. The van der Waals surface area contributed by atoms with E-state index in [2.05, 4.69) is 43.6 Å². The number of carbonyl (C=O) groups is 2. The monoisotopic (exact) mass is 594 g/mol. The van der Waals surface area contributed by atoms with Gasteiger partial charge in [0.05, 0.1) is 33.4 Å². The minimum absolute atomic E-state index is 0.0124. The number of likely N-dealkylation sites (tertiary alicyclic amines) is 1. The summed E-state index contributed by atoms with van der Waals surface area (Å²) in [4.78, 5) is 31.7. The highest BCUT2D eigenvalue weighted by Gasteiger charge is 2.36. The first-order chi connectivity index (χ1) is 17.7. The summed E-state index contributed by atoms with van der Waals surface area (Å²) in [6.07, 6.45) is -0.145. The van der Waals surface area contributed by atoms with E-state index in [0.717, 1.165) is 60.9 Å². The van der Waals surface area contributed by atoms with Crippen LogP contribution < -0.4 is 10.6 Å². The van der Waals surface area contributed by atoms with Gasteiger partial charge in [0, 0.05) is 35.1 Å². The topological polar surface area (TPSA) is 74.3 Å². The number of nitrogens with zero attached hydrogens (tertiary/aromatic N) is 2. The summed E-state index contributed by atoms with van der Waals surface area (Å²) in [7, 11) is 0. The molecule has 0 radical (unpaired) electrons. The van der Waals surface area contributed by atoms with Gasteiger partial charge in [0.1, 0.15) is 0 Å². The first-order valence-corrected chi connectivity index (χ1v) is 13.8. The van der Waals surface area contributed by atoms with E-state index in [4.69, 9.17) is 4.98 Å². The molecular weight excluding hydrogens is 569 g/mol. The van der Waals surface area contributed by atoms with Crippen LogP contribution in [0, 0.1) is 0 Å². The van der Waals surface area contributed by atoms with Crippen LogP contribution in [0.3, 0.4) is 0 Å². The molecule has 3 aromatic rings. The van der Waals surface area contributed by atoms with E-state index in [1.54, 1.807) is 11.3 Å². The fourth-order valence-electron chi connectivity index (χ4n) is 5.06. The number of aromatic nitrogens is 1. The molecule has 5 rings (SSSR count). The van der Waals surface area contributed by atoms with Crippen molar-refractivity contribution < 1.29 is 22.8 Å². The predicted molar refractivity (Wildman–Crippen MR) is 140 cm³/mol. The molecule has 2 fully saturated rings.